The van der Waals surface area contributed by atoms with Crippen LogP contribution >= 0.6 is 12.4 Å². The molecule has 9 heteroatoms. The highest BCUT2D eigenvalue weighted by atomic mass is 35.5. The molecular weight excluding hydrogens is 350 g/mol. The van der Waals surface area contributed by atoms with Crippen LogP contribution < -0.4 is 11.1 Å². The van der Waals surface area contributed by atoms with E-state index in [4.69, 9.17) is 5.73 Å². The summed E-state index contributed by atoms with van der Waals surface area (Å²) in [6.45, 7) is 0.362. The van der Waals surface area contributed by atoms with Crippen LogP contribution in [-0.2, 0) is 15.6 Å². The highest BCUT2D eigenvalue weighted by Gasteiger charge is 2.31. The molecule has 0 bridgehead atoms. The van der Waals surface area contributed by atoms with Gasteiger partial charge in [-0.05, 0) is 36.5 Å². The Morgan fingerprint density at radius 2 is 1.83 bits per heavy atom. The van der Waals surface area contributed by atoms with E-state index in [2.05, 4.69) is 5.32 Å². The molecule has 1 saturated carbocycles. The summed E-state index contributed by atoms with van der Waals surface area (Å²) < 4.78 is 46.9. The molecule has 0 aliphatic heterocycles. The van der Waals surface area contributed by atoms with Crippen LogP contribution in [0.5, 0.6) is 0 Å². The van der Waals surface area contributed by atoms with Crippen molar-refractivity contribution in [3.63, 3.8) is 0 Å². The van der Waals surface area contributed by atoms with Crippen molar-refractivity contribution in [1.29, 1.82) is 0 Å². The van der Waals surface area contributed by atoms with Crippen molar-refractivity contribution >= 4 is 28.2 Å². The molecule has 1 atom stereocenters. The van der Waals surface area contributed by atoms with Gasteiger partial charge in [-0.25, -0.2) is 8.42 Å². The van der Waals surface area contributed by atoms with Gasteiger partial charge in [-0.15, -0.1) is 12.4 Å². The lowest BCUT2D eigenvalue weighted by Gasteiger charge is -2.16. The SMILES string of the molecule is Cl.NCC(NC(=O)c1ccc(CS(=O)(=O)C(F)F)cc1)C1CC1. The second kappa shape index (κ2) is 8.03. The molecule has 0 heterocycles. The number of hydrogen-bond acceptors (Lipinski definition) is 4. The largest absolute Gasteiger partial charge is 0.348 e. The predicted octanol–water partition coefficient (Wildman–Crippen LogP) is 1.71. The molecule has 2 rings (SSSR count). The van der Waals surface area contributed by atoms with Crippen LogP contribution in [0.3, 0.4) is 0 Å². The zero-order chi connectivity index (χ0) is 16.3. The number of alkyl halides is 2. The minimum absolute atomic E-state index is 0. The lowest BCUT2D eigenvalue weighted by atomic mass is 10.1. The summed E-state index contributed by atoms with van der Waals surface area (Å²) in [4.78, 5) is 12.0. The Hall–Kier alpha value is -1.25. The fourth-order valence-corrected chi connectivity index (χ4v) is 2.95. The maximum atomic E-state index is 12.3. The van der Waals surface area contributed by atoms with Gasteiger partial charge in [0.2, 0.25) is 9.84 Å². The van der Waals surface area contributed by atoms with E-state index in [0.717, 1.165) is 12.8 Å². The number of halogens is 3. The Labute approximate surface area is 140 Å². The van der Waals surface area contributed by atoms with Gasteiger partial charge in [0.1, 0.15) is 0 Å². The third-order valence-corrected chi connectivity index (χ3v) is 4.90. The van der Waals surface area contributed by atoms with Gasteiger partial charge in [-0.2, -0.15) is 8.78 Å². The fourth-order valence-electron chi connectivity index (χ4n) is 2.17. The summed E-state index contributed by atoms with van der Waals surface area (Å²) in [5.41, 5.74) is 6.17. The van der Waals surface area contributed by atoms with Gasteiger partial charge in [-0.1, -0.05) is 12.1 Å². The summed E-state index contributed by atoms with van der Waals surface area (Å²) >= 11 is 0. The number of benzene rings is 1. The Morgan fingerprint density at radius 1 is 1.26 bits per heavy atom. The summed E-state index contributed by atoms with van der Waals surface area (Å²) in [6, 6.07) is 5.51. The molecule has 0 saturated heterocycles. The van der Waals surface area contributed by atoms with Gasteiger partial charge in [0.25, 0.3) is 5.91 Å². The van der Waals surface area contributed by atoms with Crippen LogP contribution in [0.15, 0.2) is 24.3 Å². The first-order valence-corrected chi connectivity index (χ1v) is 8.64. The number of nitrogens with two attached hydrogens (primary N) is 1. The monoisotopic (exact) mass is 368 g/mol. The second-order valence-corrected chi connectivity index (χ2v) is 7.39. The summed E-state index contributed by atoms with van der Waals surface area (Å²) in [7, 11) is -4.46. The minimum atomic E-state index is -4.46. The van der Waals surface area contributed by atoms with Crippen LogP contribution in [0.25, 0.3) is 0 Å². The first-order valence-electron chi connectivity index (χ1n) is 6.93. The molecule has 0 radical (unpaired) electrons. The topological polar surface area (TPSA) is 89.3 Å². The number of nitrogens with one attached hydrogen (secondary N) is 1. The second-order valence-electron chi connectivity index (χ2n) is 5.42. The van der Waals surface area contributed by atoms with E-state index in [9.17, 15) is 22.0 Å². The number of sulfone groups is 1. The predicted molar refractivity (Wildman–Crippen MR) is 85.4 cm³/mol. The Balaban J connectivity index is 0.00000264. The molecular formula is C14H19ClF2N2O3S. The molecule has 5 nitrogen and oxygen atoms in total. The summed E-state index contributed by atoms with van der Waals surface area (Å²) in [6.07, 6.45) is 2.10. The van der Waals surface area contributed by atoms with Crippen LogP contribution in [0.1, 0.15) is 28.8 Å². The van der Waals surface area contributed by atoms with Gasteiger partial charge in [0.05, 0.1) is 5.75 Å². The first-order chi connectivity index (χ1) is 10.3. The van der Waals surface area contributed by atoms with E-state index >= 15 is 0 Å². The molecule has 23 heavy (non-hydrogen) atoms. The lowest BCUT2D eigenvalue weighted by Crippen LogP contribution is -2.41. The Bertz CT molecular complexity index is 634. The molecule has 1 aliphatic rings. The van der Waals surface area contributed by atoms with E-state index in [0.29, 0.717) is 18.0 Å². The van der Waals surface area contributed by atoms with Crippen molar-refractivity contribution in [3.05, 3.63) is 35.4 Å². The average Bonchev–Trinajstić information content (AvgIpc) is 3.29. The van der Waals surface area contributed by atoms with Crippen molar-refractivity contribution < 1.29 is 22.0 Å². The van der Waals surface area contributed by atoms with Crippen molar-refractivity contribution in [1.82, 2.24) is 5.32 Å². The highest BCUT2D eigenvalue weighted by Crippen LogP contribution is 2.32. The molecule has 0 spiro atoms. The fraction of sp³-hybridized carbons (Fsp3) is 0.500. The van der Waals surface area contributed by atoms with E-state index in [-0.39, 0.29) is 29.9 Å². The third kappa shape index (κ3) is 5.40. The van der Waals surface area contributed by atoms with Crippen LogP contribution in [0, 0.1) is 5.92 Å². The van der Waals surface area contributed by atoms with Gasteiger partial charge in [0.15, 0.2) is 0 Å². The van der Waals surface area contributed by atoms with Gasteiger partial charge in [-0.3, -0.25) is 4.79 Å². The zero-order valence-corrected chi connectivity index (χ0v) is 13.9. The average molecular weight is 369 g/mol. The number of amides is 1. The zero-order valence-electron chi connectivity index (χ0n) is 12.2. The molecule has 1 aliphatic carbocycles. The van der Waals surface area contributed by atoms with Crippen molar-refractivity contribution in [2.24, 2.45) is 11.7 Å². The van der Waals surface area contributed by atoms with Gasteiger partial charge < -0.3 is 11.1 Å². The maximum absolute atomic E-state index is 12.3. The normalized spacial score (nSPS) is 15.8. The van der Waals surface area contributed by atoms with Crippen LogP contribution in [0.2, 0.25) is 0 Å². The molecule has 1 amide bonds. The summed E-state index contributed by atoms with van der Waals surface area (Å²) in [5.74, 6) is -4.03. The number of hydrogen-bond donors (Lipinski definition) is 2. The van der Waals surface area contributed by atoms with Crippen LogP contribution in [-0.4, -0.2) is 32.7 Å². The molecule has 1 unspecified atom stereocenters. The number of carbonyl (C=O) groups excluding carboxylic acids is 1. The highest BCUT2D eigenvalue weighted by molar-refractivity contribution is 7.90. The number of carbonyl (C=O) groups is 1. The van der Waals surface area contributed by atoms with E-state index in [1.165, 1.54) is 24.3 Å². The third-order valence-electron chi connectivity index (χ3n) is 3.62. The Morgan fingerprint density at radius 3 is 2.26 bits per heavy atom. The quantitative estimate of drug-likeness (QED) is 0.766. The molecule has 1 aromatic carbocycles. The van der Waals surface area contributed by atoms with E-state index in [1.807, 2.05) is 0 Å². The van der Waals surface area contributed by atoms with Gasteiger partial charge >= 0.3 is 5.76 Å². The minimum Gasteiger partial charge on any atom is -0.348 e. The summed E-state index contributed by atoms with van der Waals surface area (Å²) in [5, 5.41) is 2.83. The Kier molecular flexibility index (Phi) is 6.91. The molecule has 3 N–H and O–H groups in total. The molecule has 1 aromatic rings. The smallest absolute Gasteiger partial charge is 0.337 e. The standard InChI is InChI=1S/C14H18F2N2O3S.ClH/c15-14(16)22(20,21)8-9-1-3-11(4-2-9)13(19)18-12(7-17)10-5-6-10;/h1-4,10,12,14H,5-8,17H2,(H,18,19);1H. The first kappa shape index (κ1) is 19.8. The van der Waals surface area contributed by atoms with Crippen molar-refractivity contribution in [2.75, 3.05) is 6.54 Å². The molecule has 1 fully saturated rings. The molecule has 0 aromatic heterocycles. The molecule has 130 valence electrons. The van der Waals surface area contributed by atoms with E-state index < -0.39 is 21.3 Å². The number of rotatable bonds is 7. The lowest BCUT2D eigenvalue weighted by molar-refractivity contribution is 0.0933. The van der Waals surface area contributed by atoms with Crippen molar-refractivity contribution in [2.45, 2.75) is 30.4 Å². The van der Waals surface area contributed by atoms with Crippen LogP contribution in [0.4, 0.5) is 8.78 Å². The van der Waals surface area contributed by atoms with E-state index in [1.54, 1.807) is 0 Å². The maximum Gasteiger partial charge on any atom is 0.337 e. The van der Waals surface area contributed by atoms with Gasteiger partial charge in [0, 0.05) is 18.2 Å². The van der Waals surface area contributed by atoms with Crippen molar-refractivity contribution in [3.8, 4) is 0 Å².